The third-order valence-corrected chi connectivity index (χ3v) is 1.93. The molecule has 0 aromatic rings. The largest absolute Gasteiger partial charge is 0.480 e. The molecule has 0 saturated heterocycles. The van der Waals surface area contributed by atoms with Crippen LogP contribution in [0.15, 0.2) is 0 Å². The van der Waals surface area contributed by atoms with Gasteiger partial charge in [0.25, 0.3) is 0 Å². The Labute approximate surface area is 83.7 Å². The average Bonchev–Trinajstić information content (AvgIpc) is 2.13. The Morgan fingerprint density at radius 3 is 2.50 bits per heavy atom. The Morgan fingerprint density at radius 2 is 2.07 bits per heavy atom. The van der Waals surface area contributed by atoms with Gasteiger partial charge in [0.05, 0.1) is 6.04 Å². The zero-order valence-corrected chi connectivity index (χ0v) is 8.62. The van der Waals surface area contributed by atoms with E-state index in [1.165, 1.54) is 6.92 Å². The lowest BCUT2D eigenvalue weighted by atomic mass is 10.1. The maximum absolute atomic E-state index is 11.3. The van der Waals surface area contributed by atoms with Gasteiger partial charge in [0.1, 0.15) is 6.04 Å². The number of hydrogen-bond acceptors (Lipinski definition) is 3. The van der Waals surface area contributed by atoms with E-state index >= 15 is 0 Å². The van der Waals surface area contributed by atoms with E-state index < -0.39 is 24.0 Å². The summed E-state index contributed by atoms with van der Waals surface area (Å²) in [6.07, 6.45) is 2.43. The normalized spacial score (nSPS) is 14.5. The molecule has 0 spiro atoms. The van der Waals surface area contributed by atoms with E-state index in [1.807, 2.05) is 6.92 Å². The van der Waals surface area contributed by atoms with Crippen molar-refractivity contribution in [2.75, 3.05) is 0 Å². The molecule has 0 saturated carbocycles. The van der Waals surface area contributed by atoms with Gasteiger partial charge in [-0.15, -0.1) is 0 Å². The van der Waals surface area contributed by atoms with E-state index in [9.17, 15) is 9.59 Å². The van der Waals surface area contributed by atoms with Crippen molar-refractivity contribution in [1.82, 2.24) is 5.32 Å². The van der Waals surface area contributed by atoms with Gasteiger partial charge in [0, 0.05) is 0 Å². The number of nitrogens with one attached hydrogen (secondary N) is 1. The van der Waals surface area contributed by atoms with E-state index in [0.717, 1.165) is 12.8 Å². The van der Waals surface area contributed by atoms with Crippen molar-refractivity contribution in [1.29, 1.82) is 0 Å². The van der Waals surface area contributed by atoms with Crippen LogP contribution in [0.4, 0.5) is 0 Å². The van der Waals surface area contributed by atoms with E-state index in [0.29, 0.717) is 6.42 Å². The molecule has 82 valence electrons. The van der Waals surface area contributed by atoms with Crippen molar-refractivity contribution in [3.63, 3.8) is 0 Å². The molecule has 0 radical (unpaired) electrons. The molecule has 0 aliphatic heterocycles. The van der Waals surface area contributed by atoms with Gasteiger partial charge in [-0.1, -0.05) is 19.8 Å². The van der Waals surface area contributed by atoms with Gasteiger partial charge >= 0.3 is 5.97 Å². The van der Waals surface area contributed by atoms with Crippen molar-refractivity contribution in [2.24, 2.45) is 5.73 Å². The minimum Gasteiger partial charge on any atom is -0.480 e. The number of rotatable bonds is 6. The van der Waals surface area contributed by atoms with Gasteiger partial charge in [-0.3, -0.25) is 9.59 Å². The quantitative estimate of drug-likeness (QED) is 0.569. The monoisotopic (exact) mass is 202 g/mol. The van der Waals surface area contributed by atoms with E-state index in [2.05, 4.69) is 5.32 Å². The van der Waals surface area contributed by atoms with Crippen LogP contribution >= 0.6 is 0 Å². The van der Waals surface area contributed by atoms with Crippen LogP contribution in [-0.2, 0) is 9.59 Å². The minimum atomic E-state index is -1.05. The Kier molecular flexibility index (Phi) is 5.87. The molecule has 5 nitrogen and oxygen atoms in total. The summed E-state index contributed by atoms with van der Waals surface area (Å²) in [4.78, 5) is 21.7. The average molecular weight is 202 g/mol. The van der Waals surface area contributed by atoms with Crippen LogP contribution < -0.4 is 11.1 Å². The molecule has 14 heavy (non-hydrogen) atoms. The van der Waals surface area contributed by atoms with Crippen LogP contribution in [0.3, 0.4) is 0 Å². The highest BCUT2D eigenvalue weighted by atomic mass is 16.4. The van der Waals surface area contributed by atoms with Gasteiger partial charge in [0.15, 0.2) is 0 Å². The topological polar surface area (TPSA) is 92.4 Å². The van der Waals surface area contributed by atoms with Crippen molar-refractivity contribution < 1.29 is 14.7 Å². The summed E-state index contributed by atoms with van der Waals surface area (Å²) in [6.45, 7) is 3.41. The predicted molar refractivity (Wildman–Crippen MR) is 52.7 cm³/mol. The van der Waals surface area contributed by atoms with Gasteiger partial charge < -0.3 is 16.2 Å². The van der Waals surface area contributed by atoms with Crippen LogP contribution in [-0.4, -0.2) is 29.1 Å². The molecule has 0 heterocycles. The van der Waals surface area contributed by atoms with Crippen molar-refractivity contribution in [3.05, 3.63) is 0 Å². The fourth-order valence-corrected chi connectivity index (χ4v) is 0.937. The summed E-state index contributed by atoms with van der Waals surface area (Å²) in [7, 11) is 0. The second-order valence-corrected chi connectivity index (χ2v) is 3.32. The molecule has 0 fully saturated rings. The lowest BCUT2D eigenvalue weighted by molar-refractivity contribution is -0.141. The molecule has 0 rings (SSSR count). The highest BCUT2D eigenvalue weighted by Gasteiger charge is 2.18. The standard InChI is InChI=1S/C9H18N2O3/c1-3-4-5-7(10)8(12)11-6(2)9(13)14/h6-7H,3-5,10H2,1-2H3,(H,11,12)(H,13,14)/t6-,7+/m1/s1. The lowest BCUT2D eigenvalue weighted by Crippen LogP contribution is -2.47. The molecule has 2 atom stereocenters. The number of carbonyl (C=O) groups excluding carboxylic acids is 1. The number of carbonyl (C=O) groups is 2. The number of carboxylic acids is 1. The zero-order chi connectivity index (χ0) is 11.1. The first-order chi connectivity index (χ1) is 6.49. The van der Waals surface area contributed by atoms with Gasteiger partial charge in [-0.05, 0) is 13.3 Å². The summed E-state index contributed by atoms with van der Waals surface area (Å²) < 4.78 is 0. The van der Waals surface area contributed by atoms with Crippen LogP contribution in [0, 0.1) is 0 Å². The molecule has 4 N–H and O–H groups in total. The van der Waals surface area contributed by atoms with E-state index in [1.54, 1.807) is 0 Å². The fraction of sp³-hybridized carbons (Fsp3) is 0.778. The van der Waals surface area contributed by atoms with E-state index in [4.69, 9.17) is 10.8 Å². The lowest BCUT2D eigenvalue weighted by Gasteiger charge is -2.14. The molecule has 0 unspecified atom stereocenters. The first-order valence-electron chi connectivity index (χ1n) is 4.77. The Balaban J connectivity index is 3.88. The van der Waals surface area contributed by atoms with Gasteiger partial charge in [-0.25, -0.2) is 0 Å². The molecule has 0 aromatic carbocycles. The molecule has 5 heteroatoms. The minimum absolute atomic E-state index is 0.395. The van der Waals surface area contributed by atoms with Crippen LogP contribution in [0.5, 0.6) is 0 Å². The highest BCUT2D eigenvalue weighted by Crippen LogP contribution is 1.98. The molecular weight excluding hydrogens is 184 g/mol. The van der Waals surface area contributed by atoms with Crippen LogP contribution in [0.25, 0.3) is 0 Å². The number of unbranched alkanes of at least 4 members (excludes halogenated alkanes) is 1. The third kappa shape index (κ3) is 4.81. The molecule has 1 amide bonds. The molecule has 0 aromatic heterocycles. The summed E-state index contributed by atoms with van der Waals surface area (Å²) in [5.74, 6) is -1.45. The second-order valence-electron chi connectivity index (χ2n) is 3.32. The van der Waals surface area contributed by atoms with E-state index in [-0.39, 0.29) is 0 Å². The summed E-state index contributed by atoms with van der Waals surface area (Å²) in [6, 6.07) is -1.48. The maximum Gasteiger partial charge on any atom is 0.325 e. The van der Waals surface area contributed by atoms with Crippen LogP contribution in [0.2, 0.25) is 0 Å². The first-order valence-corrected chi connectivity index (χ1v) is 4.77. The fourth-order valence-electron chi connectivity index (χ4n) is 0.937. The maximum atomic E-state index is 11.3. The third-order valence-electron chi connectivity index (χ3n) is 1.93. The molecule has 0 aliphatic rings. The zero-order valence-electron chi connectivity index (χ0n) is 8.62. The van der Waals surface area contributed by atoms with Gasteiger partial charge in [0.2, 0.25) is 5.91 Å². The summed E-state index contributed by atoms with van der Waals surface area (Å²) in [5.41, 5.74) is 5.55. The summed E-state index contributed by atoms with van der Waals surface area (Å²) in [5, 5.41) is 10.9. The molecule has 0 bridgehead atoms. The molecule has 0 aliphatic carbocycles. The SMILES string of the molecule is CCCC[C@H](N)C(=O)N[C@H](C)C(=O)O. The number of aliphatic carboxylic acids is 1. The first kappa shape index (κ1) is 12.9. The van der Waals surface area contributed by atoms with Gasteiger partial charge in [-0.2, -0.15) is 0 Å². The predicted octanol–water partition coefficient (Wildman–Crippen LogP) is 0.0932. The number of carboxylic acid groups (broad SMARTS) is 1. The number of hydrogen-bond donors (Lipinski definition) is 3. The van der Waals surface area contributed by atoms with Crippen molar-refractivity contribution in [2.45, 2.75) is 45.2 Å². The smallest absolute Gasteiger partial charge is 0.325 e. The summed E-state index contributed by atoms with van der Waals surface area (Å²) >= 11 is 0. The Morgan fingerprint density at radius 1 is 1.50 bits per heavy atom. The van der Waals surface area contributed by atoms with Crippen LogP contribution in [0.1, 0.15) is 33.1 Å². The highest BCUT2D eigenvalue weighted by molar-refractivity contribution is 5.86. The Bertz CT molecular complexity index is 206. The second kappa shape index (κ2) is 6.37. The van der Waals surface area contributed by atoms with Crippen molar-refractivity contribution >= 4 is 11.9 Å². The number of nitrogens with two attached hydrogens (primary N) is 1. The van der Waals surface area contributed by atoms with Crippen molar-refractivity contribution in [3.8, 4) is 0 Å². The molecular formula is C9H18N2O3. The number of amides is 1. The Hall–Kier alpha value is -1.10.